The lowest BCUT2D eigenvalue weighted by molar-refractivity contribution is -0.129. The Morgan fingerprint density at radius 3 is 2.16 bits per heavy atom. The van der Waals surface area contributed by atoms with E-state index < -0.39 is 10.0 Å². The Morgan fingerprint density at radius 2 is 1.61 bits per heavy atom. The van der Waals surface area contributed by atoms with Crippen molar-refractivity contribution in [1.82, 2.24) is 4.90 Å². The number of sulfonamides is 1. The molecule has 0 bridgehead atoms. The summed E-state index contributed by atoms with van der Waals surface area (Å²) < 4.78 is 31.8. The lowest BCUT2D eigenvalue weighted by Gasteiger charge is -2.37. The maximum Gasteiger partial charge on any atom is 0.243 e. The number of para-hydroxylation sites is 2. The van der Waals surface area contributed by atoms with Gasteiger partial charge in [-0.05, 0) is 44.0 Å². The predicted octanol–water partition coefficient (Wildman–Crippen LogP) is 2.74. The first-order valence-corrected chi connectivity index (χ1v) is 12.2. The third-order valence-electron chi connectivity index (χ3n) is 5.62. The molecular weight excluding hydrogens is 414 g/mol. The average Bonchev–Trinajstić information content (AvgIpc) is 2.71. The Balaban J connectivity index is 1.74. The zero-order valence-electron chi connectivity index (χ0n) is 18.9. The highest BCUT2D eigenvalue weighted by Gasteiger charge is 2.28. The number of nitrogens with zero attached hydrogens (tertiary/aromatic N) is 3. The number of ether oxygens (including phenoxy) is 1. The zero-order valence-corrected chi connectivity index (χ0v) is 19.7. The maximum atomic E-state index is 13.1. The minimum atomic E-state index is -3.61. The molecule has 0 aromatic heterocycles. The maximum absolute atomic E-state index is 13.1. The molecule has 1 heterocycles. The minimum Gasteiger partial charge on any atom is -0.495 e. The molecule has 2 aromatic carbocycles. The highest BCUT2D eigenvalue weighted by atomic mass is 32.2. The molecule has 1 amide bonds. The Hall–Kier alpha value is -2.74. The molecule has 7 nitrogen and oxygen atoms in total. The number of amides is 1. The predicted molar refractivity (Wildman–Crippen MR) is 125 cm³/mol. The molecule has 1 saturated heterocycles. The van der Waals surface area contributed by atoms with Gasteiger partial charge in [0.15, 0.2) is 0 Å². The number of anilines is 2. The summed E-state index contributed by atoms with van der Waals surface area (Å²) in [6.45, 7) is 7.91. The fourth-order valence-corrected chi connectivity index (χ4v) is 5.20. The summed E-state index contributed by atoms with van der Waals surface area (Å²) in [5, 5.41) is 0. The van der Waals surface area contributed by atoms with Crippen molar-refractivity contribution < 1.29 is 17.9 Å². The fourth-order valence-electron chi connectivity index (χ4n) is 4.24. The Kier molecular flexibility index (Phi) is 6.79. The number of carbonyl (C=O) groups excluding carboxylic acids is 1. The summed E-state index contributed by atoms with van der Waals surface area (Å²) in [5.41, 5.74) is 4.34. The van der Waals surface area contributed by atoms with Gasteiger partial charge >= 0.3 is 0 Å². The van der Waals surface area contributed by atoms with Crippen LogP contribution >= 0.6 is 0 Å². The Morgan fingerprint density at radius 1 is 1.03 bits per heavy atom. The monoisotopic (exact) mass is 445 g/mol. The first-order chi connectivity index (χ1) is 14.6. The van der Waals surface area contributed by atoms with Crippen molar-refractivity contribution in [3.63, 3.8) is 0 Å². The van der Waals surface area contributed by atoms with Gasteiger partial charge in [-0.15, -0.1) is 0 Å². The lowest BCUT2D eigenvalue weighted by atomic mass is 10.1. The summed E-state index contributed by atoms with van der Waals surface area (Å²) >= 11 is 0. The molecule has 0 unspecified atom stereocenters. The van der Waals surface area contributed by atoms with E-state index in [9.17, 15) is 13.2 Å². The number of aryl methyl sites for hydroxylation is 3. The van der Waals surface area contributed by atoms with Crippen LogP contribution in [-0.4, -0.2) is 65.3 Å². The third-order valence-corrected chi connectivity index (χ3v) is 6.73. The summed E-state index contributed by atoms with van der Waals surface area (Å²) in [4.78, 5) is 17.0. The number of piperazine rings is 1. The topological polar surface area (TPSA) is 70.2 Å². The molecule has 0 saturated carbocycles. The van der Waals surface area contributed by atoms with E-state index in [1.54, 1.807) is 12.0 Å². The zero-order chi connectivity index (χ0) is 22.8. The molecule has 2 aromatic rings. The highest BCUT2D eigenvalue weighted by molar-refractivity contribution is 7.92. The van der Waals surface area contributed by atoms with Gasteiger partial charge in [0.1, 0.15) is 12.3 Å². The van der Waals surface area contributed by atoms with Gasteiger partial charge in [0.05, 0.1) is 24.7 Å². The van der Waals surface area contributed by atoms with Gasteiger partial charge in [0, 0.05) is 26.2 Å². The molecule has 0 atom stereocenters. The lowest BCUT2D eigenvalue weighted by Crippen LogP contribution is -2.52. The van der Waals surface area contributed by atoms with E-state index in [-0.39, 0.29) is 12.5 Å². The third kappa shape index (κ3) is 5.12. The van der Waals surface area contributed by atoms with Crippen molar-refractivity contribution in [2.24, 2.45) is 0 Å². The van der Waals surface area contributed by atoms with Gasteiger partial charge in [-0.3, -0.25) is 9.10 Å². The second kappa shape index (κ2) is 9.18. The van der Waals surface area contributed by atoms with Crippen molar-refractivity contribution in [1.29, 1.82) is 0 Å². The second-order valence-corrected chi connectivity index (χ2v) is 9.96. The molecule has 0 aliphatic carbocycles. The number of benzene rings is 2. The quantitative estimate of drug-likeness (QED) is 0.684. The van der Waals surface area contributed by atoms with E-state index in [4.69, 9.17) is 4.74 Å². The normalized spacial score (nSPS) is 14.5. The van der Waals surface area contributed by atoms with Gasteiger partial charge in [-0.1, -0.05) is 29.8 Å². The molecule has 0 spiro atoms. The molecule has 8 heteroatoms. The van der Waals surface area contributed by atoms with E-state index in [2.05, 4.69) is 4.90 Å². The summed E-state index contributed by atoms with van der Waals surface area (Å²) in [6, 6.07) is 11.7. The Labute approximate surface area is 185 Å². The number of carbonyl (C=O) groups is 1. The smallest absolute Gasteiger partial charge is 0.243 e. The second-order valence-electron chi connectivity index (χ2n) is 8.06. The van der Waals surface area contributed by atoms with Crippen molar-refractivity contribution in [2.75, 3.05) is 55.3 Å². The fraction of sp³-hybridized carbons (Fsp3) is 0.435. The van der Waals surface area contributed by atoms with Gasteiger partial charge in [-0.25, -0.2) is 8.42 Å². The molecule has 0 N–H and O–H groups in total. The van der Waals surface area contributed by atoms with Crippen LogP contribution in [0.5, 0.6) is 5.75 Å². The summed E-state index contributed by atoms with van der Waals surface area (Å²) in [6.07, 6.45) is 1.15. The van der Waals surface area contributed by atoms with Crippen LogP contribution in [0.2, 0.25) is 0 Å². The van der Waals surface area contributed by atoms with E-state index in [1.165, 1.54) is 4.31 Å². The molecular formula is C23H31N3O4S. The van der Waals surface area contributed by atoms with Crippen LogP contribution in [0, 0.1) is 20.8 Å². The van der Waals surface area contributed by atoms with E-state index in [1.807, 2.05) is 57.2 Å². The van der Waals surface area contributed by atoms with Crippen molar-refractivity contribution >= 4 is 27.3 Å². The standard InChI is InChI=1S/C23H31N3O4S/c1-17-14-18(2)23(19(3)15-17)26(31(5,28)29)16-22(27)25-12-10-24(11-13-25)20-8-6-7-9-21(20)30-4/h6-9,14-15H,10-13,16H2,1-5H3. The molecule has 1 aliphatic rings. The minimum absolute atomic E-state index is 0.190. The van der Waals surface area contributed by atoms with E-state index in [0.29, 0.717) is 31.9 Å². The van der Waals surface area contributed by atoms with Crippen LogP contribution in [0.25, 0.3) is 0 Å². The van der Waals surface area contributed by atoms with Crippen LogP contribution in [-0.2, 0) is 14.8 Å². The van der Waals surface area contributed by atoms with Gasteiger partial charge in [0.25, 0.3) is 0 Å². The van der Waals surface area contributed by atoms with E-state index >= 15 is 0 Å². The van der Waals surface area contributed by atoms with Crippen molar-refractivity contribution in [3.05, 3.63) is 53.1 Å². The van der Waals surface area contributed by atoms with Crippen LogP contribution < -0.4 is 13.9 Å². The van der Waals surface area contributed by atoms with Crippen molar-refractivity contribution in [3.8, 4) is 5.75 Å². The number of hydrogen-bond acceptors (Lipinski definition) is 5. The summed E-state index contributed by atoms with van der Waals surface area (Å²) in [5.74, 6) is 0.611. The van der Waals surface area contributed by atoms with Gasteiger partial charge in [-0.2, -0.15) is 0 Å². The number of methoxy groups -OCH3 is 1. The van der Waals surface area contributed by atoms with E-state index in [0.717, 1.165) is 34.4 Å². The largest absolute Gasteiger partial charge is 0.495 e. The molecule has 1 aliphatic heterocycles. The average molecular weight is 446 g/mol. The van der Waals surface area contributed by atoms with Crippen molar-refractivity contribution in [2.45, 2.75) is 20.8 Å². The van der Waals surface area contributed by atoms with Crippen LogP contribution in [0.4, 0.5) is 11.4 Å². The molecule has 31 heavy (non-hydrogen) atoms. The van der Waals surface area contributed by atoms with Gasteiger partial charge < -0.3 is 14.5 Å². The van der Waals surface area contributed by atoms with Crippen LogP contribution in [0.1, 0.15) is 16.7 Å². The number of hydrogen-bond donors (Lipinski definition) is 0. The molecule has 168 valence electrons. The molecule has 0 radical (unpaired) electrons. The molecule has 1 fully saturated rings. The van der Waals surface area contributed by atoms with Crippen LogP contribution in [0.15, 0.2) is 36.4 Å². The Bertz CT molecular complexity index is 1040. The number of rotatable bonds is 6. The van der Waals surface area contributed by atoms with Crippen LogP contribution in [0.3, 0.4) is 0 Å². The SMILES string of the molecule is COc1ccccc1N1CCN(C(=O)CN(c2c(C)cc(C)cc2C)S(C)(=O)=O)CC1. The molecule has 3 rings (SSSR count). The first kappa shape index (κ1) is 22.9. The van der Waals surface area contributed by atoms with Gasteiger partial charge in [0.2, 0.25) is 15.9 Å². The highest BCUT2D eigenvalue weighted by Crippen LogP contribution is 2.30. The first-order valence-electron chi connectivity index (χ1n) is 10.3. The summed E-state index contributed by atoms with van der Waals surface area (Å²) in [7, 11) is -1.97.